The Bertz CT molecular complexity index is 290. The minimum absolute atomic E-state index is 0.121. The maximum atomic E-state index is 12.1. The van der Waals surface area contributed by atoms with Gasteiger partial charge < -0.3 is 16.0 Å². The van der Waals surface area contributed by atoms with Crippen LogP contribution < -0.4 is 16.0 Å². The highest BCUT2D eigenvalue weighted by Crippen LogP contribution is 2.02. The summed E-state index contributed by atoms with van der Waals surface area (Å²) in [5.74, 6) is 0.327. The minimum atomic E-state index is -0.508. The van der Waals surface area contributed by atoms with Gasteiger partial charge in [0.15, 0.2) is 0 Å². The predicted molar refractivity (Wildman–Crippen MR) is 77.8 cm³/mol. The van der Waals surface area contributed by atoms with Crippen molar-refractivity contribution >= 4 is 11.8 Å². The van der Waals surface area contributed by atoms with Crippen LogP contribution in [0.3, 0.4) is 0 Å². The smallest absolute Gasteiger partial charge is 0.242 e. The maximum Gasteiger partial charge on any atom is 0.242 e. The highest BCUT2D eigenvalue weighted by atomic mass is 16.2. The Labute approximate surface area is 116 Å². The van der Waals surface area contributed by atoms with E-state index in [0.29, 0.717) is 12.5 Å². The van der Waals surface area contributed by atoms with Gasteiger partial charge in [-0.2, -0.15) is 0 Å². The number of hydrogen-bond donors (Lipinski definition) is 3. The van der Waals surface area contributed by atoms with Crippen LogP contribution in [0.5, 0.6) is 0 Å². The lowest BCUT2D eigenvalue weighted by molar-refractivity contribution is -0.130. The van der Waals surface area contributed by atoms with Crippen LogP contribution in [0.1, 0.15) is 41.5 Å². The van der Waals surface area contributed by atoms with Crippen LogP contribution >= 0.6 is 0 Å². The summed E-state index contributed by atoms with van der Waals surface area (Å²) in [6.45, 7) is 13.0. The lowest BCUT2D eigenvalue weighted by atomic mass is 10.0. The largest absolute Gasteiger partial charge is 0.354 e. The van der Waals surface area contributed by atoms with E-state index in [1.165, 1.54) is 0 Å². The molecule has 0 bridgehead atoms. The van der Waals surface area contributed by atoms with Gasteiger partial charge in [-0.25, -0.2) is 0 Å². The number of carbonyl (C=O) groups is 2. The first-order chi connectivity index (χ1) is 8.79. The molecule has 0 fully saturated rings. The van der Waals surface area contributed by atoms with Gasteiger partial charge in [0.2, 0.25) is 11.8 Å². The van der Waals surface area contributed by atoms with Gasteiger partial charge in [-0.1, -0.05) is 34.6 Å². The van der Waals surface area contributed by atoms with Crippen molar-refractivity contribution < 1.29 is 9.59 Å². The highest BCUT2D eigenvalue weighted by molar-refractivity contribution is 5.89. The van der Waals surface area contributed by atoms with E-state index in [1.54, 1.807) is 6.92 Å². The van der Waals surface area contributed by atoms with Gasteiger partial charge in [-0.05, 0) is 25.3 Å². The van der Waals surface area contributed by atoms with Crippen LogP contribution in [0.2, 0.25) is 0 Å². The van der Waals surface area contributed by atoms with Crippen LogP contribution in [0.25, 0.3) is 0 Å². The number of carbonyl (C=O) groups excluding carboxylic acids is 2. The quantitative estimate of drug-likeness (QED) is 0.614. The molecule has 0 radical (unpaired) electrons. The van der Waals surface area contributed by atoms with E-state index in [1.807, 2.05) is 34.6 Å². The van der Waals surface area contributed by atoms with Gasteiger partial charge in [-0.3, -0.25) is 9.59 Å². The summed E-state index contributed by atoms with van der Waals surface area (Å²) in [4.78, 5) is 23.9. The molecular formula is C14H29N3O2. The van der Waals surface area contributed by atoms with Gasteiger partial charge >= 0.3 is 0 Å². The third-order valence-corrected chi connectivity index (χ3v) is 2.81. The second-order valence-corrected chi connectivity index (χ2v) is 5.65. The fourth-order valence-electron chi connectivity index (χ4n) is 1.68. The van der Waals surface area contributed by atoms with Crippen molar-refractivity contribution in [1.82, 2.24) is 16.0 Å². The summed E-state index contributed by atoms with van der Waals surface area (Å²) in [6, 6.07) is -0.767. The highest BCUT2D eigenvalue weighted by Gasteiger charge is 2.24. The molecule has 0 unspecified atom stereocenters. The van der Waals surface area contributed by atoms with E-state index in [0.717, 1.165) is 6.54 Å². The molecule has 0 aliphatic carbocycles. The fourth-order valence-corrected chi connectivity index (χ4v) is 1.68. The molecule has 19 heavy (non-hydrogen) atoms. The molecule has 2 atom stereocenters. The molecule has 0 aliphatic rings. The molecule has 0 aromatic carbocycles. The van der Waals surface area contributed by atoms with E-state index in [9.17, 15) is 9.59 Å². The number of nitrogens with one attached hydrogen (secondary N) is 3. The van der Waals surface area contributed by atoms with E-state index < -0.39 is 6.04 Å². The van der Waals surface area contributed by atoms with Gasteiger partial charge in [0, 0.05) is 6.54 Å². The molecule has 5 heteroatoms. The van der Waals surface area contributed by atoms with Gasteiger partial charge in [0.25, 0.3) is 0 Å². The first-order valence-electron chi connectivity index (χ1n) is 7.11. The Balaban J connectivity index is 4.32. The molecule has 0 rings (SSSR count). The molecule has 2 amide bonds. The average molecular weight is 271 g/mol. The zero-order chi connectivity index (χ0) is 15.0. The number of amides is 2. The SMILES string of the molecule is CCN[C@H](C(=O)N[C@@H](C)C(=O)NCC(C)C)C(C)C. The van der Waals surface area contributed by atoms with Crippen molar-refractivity contribution in [2.75, 3.05) is 13.1 Å². The maximum absolute atomic E-state index is 12.1. The van der Waals surface area contributed by atoms with E-state index in [2.05, 4.69) is 16.0 Å². The number of hydrogen-bond acceptors (Lipinski definition) is 3. The standard InChI is InChI=1S/C14H29N3O2/c1-7-15-12(10(4)5)14(19)17-11(6)13(18)16-8-9(2)3/h9-12,15H,7-8H2,1-6H3,(H,16,18)(H,17,19)/t11-,12-/m0/s1. The number of likely N-dealkylation sites (N-methyl/N-ethyl adjacent to an activating group) is 1. The van der Waals surface area contributed by atoms with Crippen molar-refractivity contribution in [2.24, 2.45) is 11.8 Å². The fraction of sp³-hybridized carbons (Fsp3) is 0.857. The summed E-state index contributed by atoms with van der Waals surface area (Å²) in [5.41, 5.74) is 0. The Morgan fingerprint density at radius 3 is 2.00 bits per heavy atom. The minimum Gasteiger partial charge on any atom is -0.354 e. The van der Waals surface area contributed by atoms with Crippen molar-refractivity contribution in [3.8, 4) is 0 Å². The van der Waals surface area contributed by atoms with Crippen LogP contribution in [-0.2, 0) is 9.59 Å². The molecular weight excluding hydrogens is 242 g/mol. The Morgan fingerprint density at radius 1 is 1.00 bits per heavy atom. The van der Waals surface area contributed by atoms with Gasteiger partial charge in [0.1, 0.15) is 6.04 Å². The molecule has 0 saturated heterocycles. The molecule has 0 aliphatic heterocycles. The summed E-state index contributed by atoms with van der Waals surface area (Å²) >= 11 is 0. The number of rotatable bonds is 8. The average Bonchev–Trinajstić information content (AvgIpc) is 2.31. The first-order valence-corrected chi connectivity index (χ1v) is 7.11. The zero-order valence-corrected chi connectivity index (χ0v) is 13.0. The van der Waals surface area contributed by atoms with Crippen LogP contribution in [-0.4, -0.2) is 37.0 Å². The lowest BCUT2D eigenvalue weighted by Crippen LogP contribution is -2.53. The molecule has 0 heterocycles. The van der Waals surface area contributed by atoms with Crippen LogP contribution in [0.15, 0.2) is 0 Å². The summed E-state index contributed by atoms with van der Waals surface area (Å²) in [5, 5.41) is 8.70. The molecule has 0 aromatic rings. The van der Waals surface area contributed by atoms with E-state index in [4.69, 9.17) is 0 Å². The van der Waals surface area contributed by atoms with Crippen molar-refractivity contribution in [3.05, 3.63) is 0 Å². The first kappa shape index (κ1) is 17.9. The monoisotopic (exact) mass is 271 g/mol. The van der Waals surface area contributed by atoms with E-state index in [-0.39, 0.29) is 23.8 Å². The summed E-state index contributed by atoms with van der Waals surface area (Å²) < 4.78 is 0. The van der Waals surface area contributed by atoms with Gasteiger partial charge in [-0.15, -0.1) is 0 Å². The molecule has 5 nitrogen and oxygen atoms in total. The summed E-state index contributed by atoms with van der Waals surface area (Å²) in [6.07, 6.45) is 0. The van der Waals surface area contributed by atoms with Crippen LogP contribution in [0.4, 0.5) is 0 Å². The molecule has 0 saturated carbocycles. The van der Waals surface area contributed by atoms with Crippen LogP contribution in [0, 0.1) is 11.8 Å². The summed E-state index contributed by atoms with van der Waals surface area (Å²) in [7, 11) is 0. The second kappa shape index (κ2) is 8.91. The van der Waals surface area contributed by atoms with Crippen molar-refractivity contribution in [3.63, 3.8) is 0 Å². The third kappa shape index (κ3) is 7.15. The normalized spacial score (nSPS) is 14.3. The molecule has 0 spiro atoms. The molecule has 3 N–H and O–H groups in total. The predicted octanol–water partition coefficient (Wildman–Crippen LogP) is 0.897. The Hall–Kier alpha value is -1.10. The third-order valence-electron chi connectivity index (χ3n) is 2.81. The van der Waals surface area contributed by atoms with E-state index >= 15 is 0 Å². The van der Waals surface area contributed by atoms with Crippen molar-refractivity contribution in [2.45, 2.75) is 53.6 Å². The molecule has 0 aromatic heterocycles. The molecule has 112 valence electrons. The zero-order valence-electron chi connectivity index (χ0n) is 13.0. The lowest BCUT2D eigenvalue weighted by Gasteiger charge is -2.23. The topological polar surface area (TPSA) is 70.2 Å². The van der Waals surface area contributed by atoms with Crippen molar-refractivity contribution in [1.29, 1.82) is 0 Å². The Kier molecular flexibility index (Phi) is 8.39. The Morgan fingerprint density at radius 2 is 1.58 bits per heavy atom. The van der Waals surface area contributed by atoms with Gasteiger partial charge in [0.05, 0.1) is 6.04 Å². The second-order valence-electron chi connectivity index (χ2n) is 5.65.